The Hall–Kier alpha value is -3.83. The molecule has 1 heterocycles. The number of allylic oxidation sites excluding steroid dienone is 5. The number of amides is 1. The smallest absolute Gasteiger partial charge is 0.224 e. The summed E-state index contributed by atoms with van der Waals surface area (Å²) in [4.78, 5) is 12.8. The molecule has 1 unspecified atom stereocenters. The molecule has 0 aromatic heterocycles. The van der Waals surface area contributed by atoms with Crippen molar-refractivity contribution in [1.82, 2.24) is 11.0 Å². The monoisotopic (exact) mass is 518 g/mol. The van der Waals surface area contributed by atoms with Crippen LogP contribution in [0.5, 0.6) is 0 Å². The molecule has 2 aliphatic carbocycles. The Bertz CT molecular complexity index is 1480. The average Bonchev–Trinajstić information content (AvgIpc) is 3.46. The van der Waals surface area contributed by atoms with Crippen molar-refractivity contribution in [3.05, 3.63) is 101 Å². The molecule has 3 aliphatic rings. The highest BCUT2D eigenvalue weighted by Crippen LogP contribution is 2.40. The van der Waals surface area contributed by atoms with Gasteiger partial charge < -0.3 is 10.7 Å². The molecule has 5 heteroatoms. The third-order valence-electron chi connectivity index (χ3n) is 8.37. The Labute approximate surface area is 231 Å². The van der Waals surface area contributed by atoms with Crippen LogP contribution in [0.3, 0.4) is 0 Å². The number of benzene rings is 3. The van der Waals surface area contributed by atoms with E-state index in [-0.39, 0.29) is 5.91 Å². The molecule has 39 heavy (non-hydrogen) atoms. The quantitative estimate of drug-likeness (QED) is 0.263. The molecular formula is C34H38N4O. The number of carbonyl (C=O) groups is 1. The van der Waals surface area contributed by atoms with E-state index in [0.29, 0.717) is 12.3 Å². The van der Waals surface area contributed by atoms with Gasteiger partial charge in [0, 0.05) is 29.9 Å². The van der Waals surface area contributed by atoms with Crippen LogP contribution in [-0.4, -0.2) is 5.91 Å². The van der Waals surface area contributed by atoms with E-state index in [1.54, 1.807) is 0 Å². The lowest BCUT2D eigenvalue weighted by Gasteiger charge is -2.24. The summed E-state index contributed by atoms with van der Waals surface area (Å²) in [5.41, 5.74) is 16.7. The predicted molar refractivity (Wildman–Crippen MR) is 162 cm³/mol. The third-order valence-corrected chi connectivity index (χ3v) is 8.37. The van der Waals surface area contributed by atoms with E-state index in [2.05, 4.69) is 78.8 Å². The molecular weight excluding hydrogens is 480 g/mol. The van der Waals surface area contributed by atoms with E-state index in [1.165, 1.54) is 57.1 Å². The van der Waals surface area contributed by atoms with Gasteiger partial charge in [-0.25, -0.2) is 0 Å². The first-order chi connectivity index (χ1) is 19.1. The second-order valence-corrected chi connectivity index (χ2v) is 10.9. The first-order valence-electron chi connectivity index (χ1n) is 14.5. The molecule has 200 valence electrons. The molecule has 3 aromatic rings. The summed E-state index contributed by atoms with van der Waals surface area (Å²) in [5, 5.41) is 7.83. The van der Waals surface area contributed by atoms with Crippen molar-refractivity contribution < 1.29 is 4.79 Å². The first-order valence-corrected chi connectivity index (χ1v) is 14.5. The summed E-state index contributed by atoms with van der Waals surface area (Å²) < 4.78 is 0. The van der Waals surface area contributed by atoms with Crippen LogP contribution in [0.25, 0.3) is 16.3 Å². The zero-order chi connectivity index (χ0) is 26.8. The molecule has 1 atom stereocenters. The minimum absolute atomic E-state index is 0.0652. The number of aryl methyl sites for hydroxylation is 1. The highest BCUT2D eigenvalue weighted by molar-refractivity contribution is 6.02. The van der Waals surface area contributed by atoms with Gasteiger partial charge in [0.15, 0.2) is 0 Å². The SMILES string of the molecule is CCCC(CC)C1=CN(c2ccc(NC(=O)CCCc3ccc4ccc5c6c4c3CC=C6C=CC5)cc2)NN1. The molecule has 0 radical (unpaired) electrons. The van der Waals surface area contributed by atoms with Crippen LogP contribution in [0, 0.1) is 5.92 Å². The number of anilines is 2. The number of hydrogen-bond donors (Lipinski definition) is 3. The predicted octanol–water partition coefficient (Wildman–Crippen LogP) is 7.35. The molecule has 0 saturated heterocycles. The maximum Gasteiger partial charge on any atom is 0.224 e. The van der Waals surface area contributed by atoms with E-state index in [4.69, 9.17) is 0 Å². The summed E-state index contributed by atoms with van der Waals surface area (Å²) in [7, 11) is 0. The highest BCUT2D eigenvalue weighted by Gasteiger charge is 2.22. The van der Waals surface area contributed by atoms with Crippen molar-refractivity contribution in [2.45, 2.75) is 65.2 Å². The molecule has 0 saturated carbocycles. The Morgan fingerprint density at radius 3 is 2.72 bits per heavy atom. The van der Waals surface area contributed by atoms with Crippen molar-refractivity contribution in [1.29, 1.82) is 0 Å². The summed E-state index contributed by atoms with van der Waals surface area (Å²) in [6.45, 7) is 4.46. The molecule has 0 spiro atoms. The molecule has 3 aromatic carbocycles. The van der Waals surface area contributed by atoms with Crippen LogP contribution >= 0.6 is 0 Å². The van der Waals surface area contributed by atoms with Gasteiger partial charge in [-0.05, 0) is 101 Å². The van der Waals surface area contributed by atoms with Gasteiger partial charge in [-0.2, -0.15) is 0 Å². The topological polar surface area (TPSA) is 56.4 Å². The fourth-order valence-corrected chi connectivity index (χ4v) is 6.29. The number of carbonyl (C=O) groups excluding carboxylic acids is 1. The van der Waals surface area contributed by atoms with Crippen molar-refractivity contribution in [3.63, 3.8) is 0 Å². The molecule has 0 fully saturated rings. The van der Waals surface area contributed by atoms with Crippen LogP contribution in [0.4, 0.5) is 11.4 Å². The lowest BCUT2D eigenvalue weighted by Crippen LogP contribution is -2.37. The largest absolute Gasteiger partial charge is 0.326 e. The molecule has 5 nitrogen and oxygen atoms in total. The van der Waals surface area contributed by atoms with Crippen LogP contribution in [-0.2, 0) is 24.1 Å². The Morgan fingerprint density at radius 1 is 1.05 bits per heavy atom. The highest BCUT2D eigenvalue weighted by atomic mass is 16.1. The van der Waals surface area contributed by atoms with Crippen molar-refractivity contribution in [2.24, 2.45) is 5.92 Å². The summed E-state index contributed by atoms with van der Waals surface area (Å²) in [6, 6.07) is 17.1. The second-order valence-electron chi connectivity index (χ2n) is 10.9. The molecule has 1 aliphatic heterocycles. The number of nitrogens with zero attached hydrogens (tertiary/aromatic N) is 1. The third kappa shape index (κ3) is 5.11. The van der Waals surface area contributed by atoms with E-state index < -0.39 is 0 Å². The van der Waals surface area contributed by atoms with Crippen molar-refractivity contribution in [2.75, 3.05) is 10.3 Å². The van der Waals surface area contributed by atoms with E-state index in [9.17, 15) is 4.79 Å². The second kappa shape index (κ2) is 11.1. The van der Waals surface area contributed by atoms with E-state index in [0.717, 1.165) is 43.5 Å². The van der Waals surface area contributed by atoms with Crippen molar-refractivity contribution in [3.8, 4) is 0 Å². The molecule has 3 N–H and O–H groups in total. The van der Waals surface area contributed by atoms with Crippen molar-refractivity contribution >= 4 is 33.6 Å². The molecule has 6 rings (SSSR count). The van der Waals surface area contributed by atoms with Gasteiger partial charge in [0.25, 0.3) is 0 Å². The van der Waals surface area contributed by atoms with Gasteiger partial charge in [-0.15, -0.1) is 5.53 Å². The van der Waals surface area contributed by atoms with Gasteiger partial charge in [0.05, 0.1) is 5.69 Å². The van der Waals surface area contributed by atoms with Crippen LogP contribution in [0.1, 0.15) is 68.2 Å². The van der Waals surface area contributed by atoms with Gasteiger partial charge in [0.1, 0.15) is 0 Å². The molecule has 1 amide bonds. The minimum atomic E-state index is 0.0652. The van der Waals surface area contributed by atoms with Gasteiger partial charge in [0.2, 0.25) is 5.91 Å². The molecule has 0 bridgehead atoms. The van der Waals surface area contributed by atoms with Crippen LogP contribution in [0.2, 0.25) is 0 Å². The van der Waals surface area contributed by atoms with Gasteiger partial charge in [-0.1, -0.05) is 62.8 Å². The Balaban J connectivity index is 1.05. The number of rotatable bonds is 10. The van der Waals surface area contributed by atoms with E-state index in [1.807, 2.05) is 29.3 Å². The zero-order valence-electron chi connectivity index (χ0n) is 23.0. The lowest BCUT2D eigenvalue weighted by atomic mass is 9.80. The maximum atomic E-state index is 12.8. The maximum absolute atomic E-state index is 12.8. The number of nitrogens with one attached hydrogen (secondary N) is 3. The minimum Gasteiger partial charge on any atom is -0.326 e. The number of hydrazine groups is 2. The summed E-state index contributed by atoms with van der Waals surface area (Å²) >= 11 is 0. The van der Waals surface area contributed by atoms with Gasteiger partial charge in [-0.3, -0.25) is 9.80 Å². The Morgan fingerprint density at radius 2 is 1.90 bits per heavy atom. The summed E-state index contributed by atoms with van der Waals surface area (Å²) in [5.74, 6) is 0.603. The normalized spacial score (nSPS) is 16.1. The Kier molecular flexibility index (Phi) is 7.25. The van der Waals surface area contributed by atoms with Crippen LogP contribution < -0.4 is 21.3 Å². The fraction of sp³-hybridized carbons (Fsp3) is 0.324. The number of hydrogen-bond acceptors (Lipinski definition) is 4. The summed E-state index contributed by atoms with van der Waals surface area (Å²) in [6.07, 6.45) is 16.8. The van der Waals surface area contributed by atoms with Crippen LogP contribution in [0.15, 0.2) is 78.7 Å². The standard InChI is InChI=1S/C34H38N4O/c1-3-7-23(4-2)31-22-38(37-36-31)29-19-17-28(18-20-29)35-32(39)11-6-8-24-12-13-27-15-14-25-9-5-10-26-16-21-30(24)34(27)33(25)26/h5,10,12-20,22-23,36-37H,3-4,6-9,11,21H2,1-2H3,(H,35,39). The van der Waals surface area contributed by atoms with Gasteiger partial charge >= 0.3 is 0 Å². The lowest BCUT2D eigenvalue weighted by molar-refractivity contribution is -0.116. The average molecular weight is 519 g/mol. The fourth-order valence-electron chi connectivity index (χ4n) is 6.29. The zero-order valence-corrected chi connectivity index (χ0v) is 23.0. The van der Waals surface area contributed by atoms with E-state index >= 15 is 0 Å². The first kappa shape index (κ1) is 25.4.